The summed E-state index contributed by atoms with van der Waals surface area (Å²) in [5.41, 5.74) is 0.744. The first-order valence-corrected chi connectivity index (χ1v) is 8.88. The highest BCUT2D eigenvalue weighted by molar-refractivity contribution is 9.10. The molecule has 2 heterocycles. The lowest BCUT2D eigenvalue weighted by Gasteiger charge is -2.12. The minimum absolute atomic E-state index is 0.0681. The third kappa shape index (κ3) is 4.16. The highest BCUT2D eigenvalue weighted by atomic mass is 79.9. The number of hydrogen-bond donors (Lipinski definition) is 1. The van der Waals surface area contributed by atoms with E-state index in [1.54, 1.807) is 6.20 Å². The summed E-state index contributed by atoms with van der Waals surface area (Å²) in [6.45, 7) is 0.117. The molecule has 0 unspecified atom stereocenters. The van der Waals surface area contributed by atoms with Crippen LogP contribution in [0.1, 0.15) is 5.56 Å². The predicted octanol–water partition coefficient (Wildman–Crippen LogP) is 2.44. The van der Waals surface area contributed by atoms with Crippen LogP contribution in [0.5, 0.6) is 0 Å². The average molecular weight is 406 g/mol. The molecule has 2 aromatic heterocycles. The van der Waals surface area contributed by atoms with E-state index < -0.39 is 10.0 Å². The van der Waals surface area contributed by atoms with Crippen LogP contribution in [0.15, 0.2) is 40.0 Å². The van der Waals surface area contributed by atoms with E-state index in [0.29, 0.717) is 4.47 Å². The van der Waals surface area contributed by atoms with E-state index in [0.717, 1.165) is 11.4 Å². The maximum Gasteiger partial charge on any atom is 0.243 e. The van der Waals surface area contributed by atoms with Crippen LogP contribution in [-0.2, 0) is 16.6 Å². The van der Waals surface area contributed by atoms with Crippen molar-refractivity contribution in [3.63, 3.8) is 0 Å². The minimum atomic E-state index is -3.75. The second kappa shape index (κ2) is 6.91. The Bertz CT molecular complexity index is 766. The molecular formula is C13H14BrClN4O2S. The molecule has 0 amide bonds. The highest BCUT2D eigenvalue weighted by Crippen LogP contribution is 2.22. The van der Waals surface area contributed by atoms with Crippen LogP contribution < -0.4 is 9.62 Å². The van der Waals surface area contributed by atoms with E-state index in [2.05, 4.69) is 30.6 Å². The number of nitrogens with one attached hydrogen (secondary N) is 1. The Hall–Kier alpha value is -1.22. The monoisotopic (exact) mass is 404 g/mol. The van der Waals surface area contributed by atoms with Gasteiger partial charge in [-0.3, -0.25) is 0 Å². The molecule has 0 aliphatic heterocycles. The lowest BCUT2D eigenvalue weighted by atomic mass is 10.3. The van der Waals surface area contributed by atoms with Crippen LogP contribution in [0.3, 0.4) is 0 Å². The summed E-state index contributed by atoms with van der Waals surface area (Å²) < 4.78 is 27.6. The first-order chi connectivity index (χ1) is 10.3. The van der Waals surface area contributed by atoms with Gasteiger partial charge in [-0.2, -0.15) is 0 Å². The van der Waals surface area contributed by atoms with Gasteiger partial charge >= 0.3 is 0 Å². The number of anilines is 1. The largest absolute Gasteiger partial charge is 0.363 e. The first kappa shape index (κ1) is 17.1. The molecule has 0 spiro atoms. The number of halogens is 2. The van der Waals surface area contributed by atoms with Gasteiger partial charge < -0.3 is 4.90 Å². The molecule has 0 saturated heterocycles. The SMILES string of the molecule is CN(C)c1ccc(CNS(=O)(=O)c2cc(Br)cnc2Cl)cn1. The summed E-state index contributed by atoms with van der Waals surface area (Å²) in [6, 6.07) is 5.04. The summed E-state index contributed by atoms with van der Waals surface area (Å²) in [7, 11) is 0.0131. The van der Waals surface area contributed by atoms with Crippen molar-refractivity contribution in [3.05, 3.63) is 45.8 Å². The third-order valence-corrected chi connectivity index (χ3v) is 5.06. The van der Waals surface area contributed by atoms with Gasteiger partial charge in [-0.25, -0.2) is 23.1 Å². The van der Waals surface area contributed by atoms with Crippen molar-refractivity contribution in [2.24, 2.45) is 0 Å². The van der Waals surface area contributed by atoms with Crippen molar-refractivity contribution in [2.75, 3.05) is 19.0 Å². The zero-order valence-corrected chi connectivity index (χ0v) is 15.1. The summed E-state index contributed by atoms with van der Waals surface area (Å²) >= 11 is 9.03. The van der Waals surface area contributed by atoms with Gasteiger partial charge in [0, 0.05) is 37.5 Å². The second-order valence-electron chi connectivity index (χ2n) is 4.69. The number of aromatic nitrogens is 2. The van der Waals surface area contributed by atoms with E-state index >= 15 is 0 Å². The predicted molar refractivity (Wildman–Crippen MR) is 89.5 cm³/mol. The van der Waals surface area contributed by atoms with E-state index in [4.69, 9.17) is 11.6 Å². The fourth-order valence-corrected chi connectivity index (χ4v) is 3.59. The van der Waals surface area contributed by atoms with Crippen LogP contribution in [0.25, 0.3) is 0 Å². The van der Waals surface area contributed by atoms with Gasteiger partial charge in [-0.15, -0.1) is 0 Å². The van der Waals surface area contributed by atoms with E-state index in [9.17, 15) is 8.42 Å². The fourth-order valence-electron chi connectivity index (χ4n) is 1.63. The number of rotatable bonds is 5. The Morgan fingerprint density at radius 2 is 2.00 bits per heavy atom. The minimum Gasteiger partial charge on any atom is -0.363 e. The van der Waals surface area contributed by atoms with Crippen molar-refractivity contribution in [3.8, 4) is 0 Å². The second-order valence-corrected chi connectivity index (χ2v) is 7.70. The zero-order chi connectivity index (χ0) is 16.3. The van der Waals surface area contributed by atoms with Gasteiger partial charge in [0.15, 0.2) is 0 Å². The maximum atomic E-state index is 12.3. The number of nitrogens with zero attached hydrogens (tertiary/aromatic N) is 3. The smallest absolute Gasteiger partial charge is 0.243 e. The topological polar surface area (TPSA) is 75.2 Å². The summed E-state index contributed by atoms with van der Waals surface area (Å²) in [6.07, 6.45) is 3.06. The molecule has 0 aliphatic carbocycles. The molecular weight excluding hydrogens is 392 g/mol. The van der Waals surface area contributed by atoms with Crippen LogP contribution in [0.4, 0.5) is 5.82 Å². The van der Waals surface area contributed by atoms with Crippen LogP contribution in [0, 0.1) is 0 Å². The Morgan fingerprint density at radius 1 is 1.27 bits per heavy atom. The maximum absolute atomic E-state index is 12.3. The van der Waals surface area contributed by atoms with Crippen molar-refractivity contribution < 1.29 is 8.42 Å². The van der Waals surface area contributed by atoms with Gasteiger partial charge in [-0.05, 0) is 33.6 Å². The van der Waals surface area contributed by atoms with Crippen molar-refractivity contribution >= 4 is 43.4 Å². The molecule has 118 valence electrons. The molecule has 0 radical (unpaired) electrons. The molecule has 22 heavy (non-hydrogen) atoms. The molecule has 1 N–H and O–H groups in total. The van der Waals surface area contributed by atoms with Crippen LogP contribution in [0.2, 0.25) is 5.15 Å². The molecule has 2 aromatic rings. The van der Waals surface area contributed by atoms with E-state index in [1.165, 1.54) is 12.3 Å². The molecule has 0 aromatic carbocycles. The normalized spacial score (nSPS) is 11.5. The third-order valence-electron chi connectivity index (χ3n) is 2.80. The standard InChI is InChI=1S/C13H14BrClN4O2S/c1-19(2)12-4-3-9(6-16-12)7-18-22(20,21)11-5-10(14)8-17-13(11)15/h3-6,8,18H,7H2,1-2H3. The van der Waals surface area contributed by atoms with Gasteiger partial charge in [0.05, 0.1) is 0 Å². The molecule has 0 bridgehead atoms. The summed E-state index contributed by atoms with van der Waals surface area (Å²) in [5.74, 6) is 0.797. The quantitative estimate of drug-likeness (QED) is 0.773. The molecule has 6 nitrogen and oxygen atoms in total. The van der Waals surface area contributed by atoms with Gasteiger partial charge in [0.2, 0.25) is 10.0 Å². The molecule has 9 heteroatoms. The lowest BCUT2D eigenvalue weighted by molar-refractivity contribution is 0.581. The molecule has 0 atom stereocenters. The average Bonchev–Trinajstić information content (AvgIpc) is 2.48. The van der Waals surface area contributed by atoms with E-state index in [1.807, 2.05) is 31.1 Å². The Kier molecular flexibility index (Phi) is 5.38. The fraction of sp³-hybridized carbons (Fsp3) is 0.231. The van der Waals surface area contributed by atoms with E-state index in [-0.39, 0.29) is 16.6 Å². The number of sulfonamides is 1. The summed E-state index contributed by atoms with van der Waals surface area (Å²) in [4.78, 5) is 9.83. The molecule has 2 rings (SSSR count). The van der Waals surface area contributed by atoms with Crippen molar-refractivity contribution in [1.82, 2.24) is 14.7 Å². The number of pyridine rings is 2. The highest BCUT2D eigenvalue weighted by Gasteiger charge is 2.19. The first-order valence-electron chi connectivity index (χ1n) is 6.22. The number of hydrogen-bond acceptors (Lipinski definition) is 5. The zero-order valence-electron chi connectivity index (χ0n) is 11.9. The summed E-state index contributed by atoms with van der Waals surface area (Å²) in [5, 5.41) is -0.0724. The van der Waals surface area contributed by atoms with Gasteiger partial charge in [-0.1, -0.05) is 17.7 Å². The molecule has 0 fully saturated rings. The molecule has 0 saturated carbocycles. The van der Waals surface area contributed by atoms with Crippen LogP contribution >= 0.6 is 27.5 Å². The lowest BCUT2D eigenvalue weighted by Crippen LogP contribution is -2.24. The Labute approximate surface area is 142 Å². The van der Waals surface area contributed by atoms with Gasteiger partial charge in [0.25, 0.3) is 0 Å². The van der Waals surface area contributed by atoms with Crippen LogP contribution in [-0.4, -0.2) is 32.5 Å². The Balaban J connectivity index is 2.14. The van der Waals surface area contributed by atoms with Crippen molar-refractivity contribution in [1.29, 1.82) is 0 Å². The van der Waals surface area contributed by atoms with Crippen molar-refractivity contribution in [2.45, 2.75) is 11.4 Å². The Morgan fingerprint density at radius 3 is 2.59 bits per heavy atom. The van der Waals surface area contributed by atoms with Gasteiger partial charge in [0.1, 0.15) is 15.9 Å². The molecule has 0 aliphatic rings.